The van der Waals surface area contributed by atoms with Gasteiger partial charge in [0.2, 0.25) is 5.91 Å². The Morgan fingerprint density at radius 2 is 1.80 bits per heavy atom. The number of hydrogen-bond acceptors (Lipinski definition) is 3. The van der Waals surface area contributed by atoms with Crippen molar-refractivity contribution < 1.29 is 18.8 Å². The summed E-state index contributed by atoms with van der Waals surface area (Å²) in [4.78, 5) is 41.5. The topological polar surface area (TPSA) is 69.7 Å². The van der Waals surface area contributed by atoms with Crippen molar-refractivity contribution in [1.29, 1.82) is 0 Å². The van der Waals surface area contributed by atoms with Crippen molar-refractivity contribution in [2.75, 3.05) is 6.54 Å². The maximum Gasteiger partial charge on any atom is 0.325 e. The first-order valence-electron chi connectivity index (χ1n) is 10.2. The van der Waals surface area contributed by atoms with Gasteiger partial charge in [0.05, 0.1) is 0 Å². The van der Waals surface area contributed by atoms with Crippen molar-refractivity contribution in [3.63, 3.8) is 0 Å². The molecule has 1 atom stereocenters. The molecule has 4 rings (SSSR count). The van der Waals surface area contributed by atoms with E-state index >= 15 is 0 Å². The second kappa shape index (κ2) is 7.89. The van der Waals surface area contributed by atoms with Crippen LogP contribution in [0.25, 0.3) is 0 Å². The standard InChI is InChI=1S/C23H24FN3O3/c1-2-23(17-9-4-3-5-10-17)21(29)27(22(30)25-23)15-20(28)26(18-12-13-18)14-16-8-6-7-11-19(16)24/h3-11,18H,2,12-15H2,1H3,(H,25,30). The Hall–Kier alpha value is -3.22. The molecule has 0 spiro atoms. The predicted molar refractivity (Wildman–Crippen MR) is 109 cm³/mol. The second-order valence-corrected chi connectivity index (χ2v) is 7.79. The third-order valence-corrected chi connectivity index (χ3v) is 5.87. The van der Waals surface area contributed by atoms with Gasteiger partial charge in [-0.15, -0.1) is 0 Å². The zero-order chi connectivity index (χ0) is 21.3. The number of imide groups is 1. The van der Waals surface area contributed by atoms with Gasteiger partial charge >= 0.3 is 6.03 Å². The third kappa shape index (κ3) is 3.56. The van der Waals surface area contributed by atoms with Crippen LogP contribution in [0.5, 0.6) is 0 Å². The van der Waals surface area contributed by atoms with E-state index in [2.05, 4.69) is 5.32 Å². The SMILES string of the molecule is CCC1(c2ccccc2)NC(=O)N(CC(=O)N(Cc2ccccc2F)C2CC2)C1=O. The number of carbonyl (C=O) groups is 3. The van der Waals surface area contributed by atoms with Crippen LogP contribution < -0.4 is 5.32 Å². The number of benzene rings is 2. The minimum atomic E-state index is -1.17. The maximum atomic E-state index is 14.1. The molecule has 1 saturated carbocycles. The fourth-order valence-electron chi connectivity index (χ4n) is 3.98. The molecule has 1 saturated heterocycles. The first-order chi connectivity index (χ1) is 14.5. The van der Waals surface area contributed by atoms with Crippen molar-refractivity contribution in [2.45, 2.75) is 44.3 Å². The van der Waals surface area contributed by atoms with Gasteiger partial charge in [-0.3, -0.25) is 14.5 Å². The van der Waals surface area contributed by atoms with Crippen molar-refractivity contribution in [3.05, 3.63) is 71.5 Å². The average Bonchev–Trinajstić information content (AvgIpc) is 3.56. The number of rotatable bonds is 7. The molecule has 0 bridgehead atoms. The molecule has 0 aromatic heterocycles. The normalized spacial score (nSPS) is 20.9. The number of urea groups is 1. The van der Waals surface area contributed by atoms with Crippen molar-refractivity contribution >= 4 is 17.8 Å². The lowest BCUT2D eigenvalue weighted by Gasteiger charge is -2.27. The first-order valence-corrected chi connectivity index (χ1v) is 10.2. The first kappa shape index (κ1) is 20.1. The van der Waals surface area contributed by atoms with Crippen LogP contribution in [0.4, 0.5) is 9.18 Å². The second-order valence-electron chi connectivity index (χ2n) is 7.79. The lowest BCUT2D eigenvalue weighted by atomic mass is 9.87. The van der Waals surface area contributed by atoms with E-state index < -0.39 is 17.5 Å². The molecule has 2 aliphatic rings. The Labute approximate surface area is 174 Å². The maximum absolute atomic E-state index is 14.1. The van der Waals surface area contributed by atoms with Gasteiger partial charge in [-0.25, -0.2) is 9.18 Å². The van der Waals surface area contributed by atoms with E-state index in [1.165, 1.54) is 6.07 Å². The molecule has 2 fully saturated rings. The molecule has 1 aliphatic carbocycles. The molecule has 7 heteroatoms. The Morgan fingerprint density at radius 1 is 1.13 bits per heavy atom. The summed E-state index contributed by atoms with van der Waals surface area (Å²) in [5.41, 5.74) is -0.0671. The summed E-state index contributed by atoms with van der Waals surface area (Å²) in [6, 6.07) is 14.8. The highest BCUT2D eigenvalue weighted by Crippen LogP contribution is 2.33. The van der Waals surface area contributed by atoms with Crippen LogP contribution in [0.1, 0.15) is 37.3 Å². The number of amides is 4. The zero-order valence-electron chi connectivity index (χ0n) is 16.8. The van der Waals surface area contributed by atoms with Gasteiger partial charge in [0.15, 0.2) is 0 Å². The molecule has 1 unspecified atom stereocenters. The highest BCUT2D eigenvalue weighted by atomic mass is 19.1. The number of carbonyl (C=O) groups excluding carboxylic acids is 3. The lowest BCUT2D eigenvalue weighted by Crippen LogP contribution is -2.46. The minimum Gasteiger partial charge on any atom is -0.334 e. The van der Waals surface area contributed by atoms with E-state index in [9.17, 15) is 18.8 Å². The highest BCUT2D eigenvalue weighted by molar-refractivity contribution is 6.09. The molecular weight excluding hydrogens is 385 g/mol. The van der Waals surface area contributed by atoms with Crippen LogP contribution in [0.2, 0.25) is 0 Å². The summed E-state index contributed by atoms with van der Waals surface area (Å²) >= 11 is 0. The van der Waals surface area contributed by atoms with Crippen LogP contribution in [0.3, 0.4) is 0 Å². The number of nitrogens with one attached hydrogen (secondary N) is 1. The van der Waals surface area contributed by atoms with E-state index in [1.807, 2.05) is 25.1 Å². The molecule has 0 radical (unpaired) electrons. The predicted octanol–water partition coefficient (Wildman–Crippen LogP) is 3.17. The Bertz CT molecular complexity index is 977. The highest BCUT2D eigenvalue weighted by Gasteiger charge is 2.52. The van der Waals surface area contributed by atoms with Gasteiger partial charge in [0.25, 0.3) is 5.91 Å². The quantitative estimate of drug-likeness (QED) is 0.714. The average molecular weight is 409 g/mol. The number of halogens is 1. The molecule has 156 valence electrons. The van der Waals surface area contributed by atoms with Crippen molar-refractivity contribution in [1.82, 2.24) is 15.1 Å². The monoisotopic (exact) mass is 409 g/mol. The van der Waals surface area contributed by atoms with E-state index in [1.54, 1.807) is 35.2 Å². The smallest absolute Gasteiger partial charge is 0.325 e. The summed E-state index contributed by atoms with van der Waals surface area (Å²) in [7, 11) is 0. The molecule has 1 N–H and O–H groups in total. The fourth-order valence-corrected chi connectivity index (χ4v) is 3.98. The van der Waals surface area contributed by atoms with Crippen LogP contribution in [0, 0.1) is 5.82 Å². The van der Waals surface area contributed by atoms with Gasteiger partial charge in [0.1, 0.15) is 17.9 Å². The summed E-state index contributed by atoms with van der Waals surface area (Å²) < 4.78 is 14.1. The summed E-state index contributed by atoms with van der Waals surface area (Å²) in [6.45, 7) is 1.59. The zero-order valence-corrected chi connectivity index (χ0v) is 16.8. The van der Waals surface area contributed by atoms with E-state index in [-0.39, 0.29) is 30.9 Å². The molecule has 30 heavy (non-hydrogen) atoms. The molecule has 1 heterocycles. The van der Waals surface area contributed by atoms with E-state index in [4.69, 9.17) is 0 Å². The molecule has 2 aromatic carbocycles. The third-order valence-electron chi connectivity index (χ3n) is 5.87. The minimum absolute atomic E-state index is 0.0166. The molecule has 1 aliphatic heterocycles. The Balaban J connectivity index is 1.54. The largest absolute Gasteiger partial charge is 0.334 e. The Kier molecular flexibility index (Phi) is 5.28. The number of hydrogen-bond donors (Lipinski definition) is 1. The van der Waals surface area contributed by atoms with Gasteiger partial charge in [-0.2, -0.15) is 0 Å². The summed E-state index contributed by atoms with van der Waals surface area (Å²) in [6.07, 6.45) is 2.04. The van der Waals surface area contributed by atoms with Crippen LogP contribution in [0.15, 0.2) is 54.6 Å². The fraction of sp³-hybridized carbons (Fsp3) is 0.348. The van der Waals surface area contributed by atoms with Gasteiger partial charge in [-0.1, -0.05) is 55.5 Å². The lowest BCUT2D eigenvalue weighted by molar-refractivity contribution is -0.140. The Morgan fingerprint density at radius 3 is 2.43 bits per heavy atom. The van der Waals surface area contributed by atoms with Crippen molar-refractivity contribution in [3.8, 4) is 0 Å². The molecule has 2 aromatic rings. The van der Waals surface area contributed by atoms with Gasteiger partial charge in [0, 0.05) is 18.2 Å². The van der Waals surface area contributed by atoms with Crippen LogP contribution in [-0.2, 0) is 21.7 Å². The van der Waals surface area contributed by atoms with E-state index in [0.29, 0.717) is 17.5 Å². The molecule has 6 nitrogen and oxygen atoms in total. The summed E-state index contributed by atoms with van der Waals surface area (Å²) in [5.74, 6) is -1.17. The molecular formula is C23H24FN3O3. The van der Waals surface area contributed by atoms with Gasteiger partial charge < -0.3 is 10.2 Å². The number of nitrogens with zero attached hydrogens (tertiary/aromatic N) is 2. The van der Waals surface area contributed by atoms with E-state index in [0.717, 1.165) is 17.7 Å². The van der Waals surface area contributed by atoms with Crippen LogP contribution >= 0.6 is 0 Å². The van der Waals surface area contributed by atoms with Crippen molar-refractivity contribution in [2.24, 2.45) is 0 Å². The summed E-state index contributed by atoms with van der Waals surface area (Å²) in [5, 5.41) is 2.79. The van der Waals surface area contributed by atoms with Gasteiger partial charge in [-0.05, 0) is 30.9 Å². The molecule has 4 amide bonds. The van der Waals surface area contributed by atoms with Crippen LogP contribution in [-0.4, -0.2) is 40.2 Å².